The monoisotopic (exact) mass is 629 g/mol. The first-order chi connectivity index (χ1) is 19.0. The number of amides is 2. The topological polar surface area (TPSA) is 96.0 Å². The van der Waals surface area contributed by atoms with Gasteiger partial charge in [0.2, 0.25) is 21.8 Å². The lowest BCUT2D eigenvalue weighted by Gasteiger charge is -2.34. The van der Waals surface area contributed by atoms with Crippen LogP contribution < -0.4 is 14.4 Å². The minimum absolute atomic E-state index is 0.0784. The first-order valence-corrected chi connectivity index (χ1v) is 15.7. The Labute approximate surface area is 245 Å². The third kappa shape index (κ3) is 8.56. The smallest absolute Gasteiger partial charge is 0.244 e. The van der Waals surface area contributed by atoms with E-state index in [1.807, 2.05) is 56.3 Å². The van der Waals surface area contributed by atoms with E-state index in [-0.39, 0.29) is 24.9 Å². The van der Waals surface area contributed by atoms with Gasteiger partial charge in [-0.1, -0.05) is 61.5 Å². The number of sulfonamides is 1. The van der Waals surface area contributed by atoms with Gasteiger partial charge in [-0.2, -0.15) is 0 Å². The van der Waals surface area contributed by atoms with Gasteiger partial charge in [-0.25, -0.2) is 8.42 Å². The molecule has 3 aromatic carbocycles. The number of rotatable bonds is 13. The summed E-state index contributed by atoms with van der Waals surface area (Å²) >= 11 is 3.41. The van der Waals surface area contributed by atoms with Crippen LogP contribution in [0.15, 0.2) is 83.3 Å². The van der Waals surface area contributed by atoms with E-state index in [0.717, 1.165) is 28.1 Å². The number of carbonyl (C=O) groups excluding carboxylic acids is 2. The third-order valence-corrected chi connectivity index (χ3v) is 8.36. The Bertz CT molecular complexity index is 1400. The molecule has 0 fully saturated rings. The molecule has 1 N–H and O–H groups in total. The summed E-state index contributed by atoms with van der Waals surface area (Å²) in [6.07, 6.45) is 2.04. The highest BCUT2D eigenvalue weighted by molar-refractivity contribution is 9.10. The Kier molecular flexibility index (Phi) is 11.2. The van der Waals surface area contributed by atoms with Crippen LogP contribution in [0.4, 0.5) is 5.69 Å². The van der Waals surface area contributed by atoms with Gasteiger partial charge in [0.1, 0.15) is 18.3 Å². The van der Waals surface area contributed by atoms with Crippen molar-refractivity contribution in [2.45, 2.75) is 45.3 Å². The van der Waals surface area contributed by atoms with Gasteiger partial charge in [-0.05, 0) is 64.7 Å². The minimum atomic E-state index is -3.85. The summed E-state index contributed by atoms with van der Waals surface area (Å²) in [5.41, 5.74) is 1.96. The SMILES string of the molecule is CC[C@@H](C)NC(=O)[C@@H](Cc1ccccc1)N(Cc1cccc(OC)c1)C(=O)CN(c1ccccc1Br)S(C)(=O)=O. The maximum absolute atomic E-state index is 14.1. The number of para-hydroxylation sites is 1. The third-order valence-electron chi connectivity index (χ3n) is 6.56. The van der Waals surface area contributed by atoms with Crippen molar-refractivity contribution >= 4 is 43.5 Å². The van der Waals surface area contributed by atoms with Crippen LogP contribution in [0.3, 0.4) is 0 Å². The minimum Gasteiger partial charge on any atom is -0.497 e. The fraction of sp³-hybridized carbons (Fsp3) is 0.333. The second-order valence-electron chi connectivity index (χ2n) is 9.62. The van der Waals surface area contributed by atoms with Crippen LogP contribution in [0.1, 0.15) is 31.4 Å². The van der Waals surface area contributed by atoms with Crippen molar-refractivity contribution in [2.75, 3.05) is 24.2 Å². The second-order valence-corrected chi connectivity index (χ2v) is 12.4. The Morgan fingerprint density at radius 2 is 1.62 bits per heavy atom. The van der Waals surface area contributed by atoms with E-state index >= 15 is 0 Å². The molecule has 0 unspecified atom stereocenters. The highest BCUT2D eigenvalue weighted by atomic mass is 79.9. The highest BCUT2D eigenvalue weighted by Crippen LogP contribution is 2.28. The molecule has 0 aromatic heterocycles. The number of benzene rings is 3. The lowest BCUT2D eigenvalue weighted by molar-refractivity contribution is -0.140. The van der Waals surface area contributed by atoms with E-state index in [0.29, 0.717) is 15.9 Å². The number of halogens is 1. The summed E-state index contributed by atoms with van der Waals surface area (Å²) in [6, 6.07) is 22.5. The van der Waals surface area contributed by atoms with Gasteiger partial charge in [-0.3, -0.25) is 13.9 Å². The van der Waals surface area contributed by atoms with Crippen molar-refractivity contribution in [3.63, 3.8) is 0 Å². The predicted octanol–water partition coefficient (Wildman–Crippen LogP) is 4.78. The van der Waals surface area contributed by atoms with E-state index in [1.54, 1.807) is 43.5 Å². The van der Waals surface area contributed by atoms with E-state index < -0.39 is 28.5 Å². The number of hydrogen-bond donors (Lipinski definition) is 1. The van der Waals surface area contributed by atoms with Crippen molar-refractivity contribution in [2.24, 2.45) is 0 Å². The molecular formula is C30H36BrN3O5S. The molecule has 0 bridgehead atoms. The molecule has 0 heterocycles. The largest absolute Gasteiger partial charge is 0.497 e. The van der Waals surface area contributed by atoms with Crippen LogP contribution >= 0.6 is 15.9 Å². The fourth-order valence-corrected chi connectivity index (χ4v) is 5.69. The van der Waals surface area contributed by atoms with Crippen molar-refractivity contribution in [1.29, 1.82) is 0 Å². The van der Waals surface area contributed by atoms with Gasteiger partial charge in [0.25, 0.3) is 0 Å². The summed E-state index contributed by atoms with van der Waals surface area (Å²) in [5, 5.41) is 3.02. The molecule has 0 aliphatic carbocycles. The number of methoxy groups -OCH3 is 1. The number of carbonyl (C=O) groups is 2. The quantitative estimate of drug-likeness (QED) is 0.294. The summed E-state index contributed by atoms with van der Waals surface area (Å²) < 4.78 is 32.8. The van der Waals surface area contributed by atoms with E-state index in [9.17, 15) is 18.0 Å². The number of nitrogens with one attached hydrogen (secondary N) is 1. The lowest BCUT2D eigenvalue weighted by Crippen LogP contribution is -2.54. The van der Waals surface area contributed by atoms with Gasteiger partial charge >= 0.3 is 0 Å². The van der Waals surface area contributed by atoms with Gasteiger partial charge in [-0.15, -0.1) is 0 Å². The standard InChI is InChI=1S/C30H36BrN3O5S/c1-5-22(2)32-30(36)28(19-23-12-7-6-8-13-23)33(20-24-14-11-15-25(18-24)39-3)29(35)21-34(40(4,37)38)27-17-10-9-16-26(27)31/h6-18,22,28H,5,19-21H2,1-4H3,(H,32,36)/t22-,28-/m1/s1. The van der Waals surface area contributed by atoms with E-state index in [2.05, 4.69) is 21.2 Å². The van der Waals surface area contributed by atoms with Crippen LogP contribution in [-0.4, -0.2) is 57.1 Å². The maximum Gasteiger partial charge on any atom is 0.244 e. The fourth-order valence-electron chi connectivity index (χ4n) is 4.21. The zero-order chi connectivity index (χ0) is 29.3. The molecule has 0 spiro atoms. The number of hydrogen-bond acceptors (Lipinski definition) is 5. The summed E-state index contributed by atoms with van der Waals surface area (Å²) in [6.45, 7) is 3.48. The molecule has 3 rings (SSSR count). The molecule has 214 valence electrons. The molecule has 3 aromatic rings. The first-order valence-electron chi connectivity index (χ1n) is 13.0. The Balaban J connectivity index is 2.08. The van der Waals surface area contributed by atoms with Gasteiger partial charge in [0, 0.05) is 23.5 Å². The normalized spacial score (nSPS) is 12.7. The van der Waals surface area contributed by atoms with Gasteiger partial charge in [0.05, 0.1) is 19.1 Å². The number of ether oxygens (including phenoxy) is 1. The van der Waals surface area contributed by atoms with E-state index in [1.165, 1.54) is 4.90 Å². The first kappa shape index (κ1) is 31.2. The molecule has 0 aliphatic heterocycles. The van der Waals surface area contributed by atoms with Gasteiger partial charge < -0.3 is 15.0 Å². The molecule has 0 saturated carbocycles. The van der Waals surface area contributed by atoms with Crippen LogP contribution in [0, 0.1) is 0 Å². The van der Waals surface area contributed by atoms with Crippen molar-refractivity contribution < 1.29 is 22.7 Å². The Hall–Kier alpha value is -3.37. The molecule has 10 heteroatoms. The molecule has 8 nitrogen and oxygen atoms in total. The van der Waals surface area contributed by atoms with Crippen LogP contribution in [0.25, 0.3) is 0 Å². The summed E-state index contributed by atoms with van der Waals surface area (Å²) in [4.78, 5) is 29.3. The van der Waals surface area contributed by atoms with Crippen LogP contribution in [0.2, 0.25) is 0 Å². The molecule has 2 atom stereocenters. The zero-order valence-electron chi connectivity index (χ0n) is 23.2. The van der Waals surface area contributed by atoms with Gasteiger partial charge in [0.15, 0.2) is 0 Å². The maximum atomic E-state index is 14.1. The molecule has 0 aliphatic rings. The molecule has 0 saturated heterocycles. The van der Waals surface area contributed by atoms with Crippen molar-refractivity contribution in [1.82, 2.24) is 10.2 Å². The zero-order valence-corrected chi connectivity index (χ0v) is 25.6. The summed E-state index contributed by atoms with van der Waals surface area (Å²) in [7, 11) is -2.29. The highest BCUT2D eigenvalue weighted by Gasteiger charge is 2.33. The molecular weight excluding hydrogens is 594 g/mol. The lowest BCUT2D eigenvalue weighted by atomic mass is 10.0. The Morgan fingerprint density at radius 3 is 2.25 bits per heavy atom. The average molecular weight is 631 g/mol. The number of nitrogens with zero attached hydrogens (tertiary/aromatic N) is 2. The van der Waals surface area contributed by atoms with E-state index in [4.69, 9.17) is 4.74 Å². The average Bonchev–Trinajstić information content (AvgIpc) is 2.93. The van der Waals surface area contributed by atoms with Crippen molar-refractivity contribution in [3.8, 4) is 5.75 Å². The van der Waals surface area contributed by atoms with Crippen LogP contribution in [0.5, 0.6) is 5.75 Å². The second kappa shape index (κ2) is 14.3. The van der Waals surface area contributed by atoms with Crippen molar-refractivity contribution in [3.05, 3.63) is 94.5 Å². The predicted molar refractivity (Wildman–Crippen MR) is 162 cm³/mol. The van der Waals surface area contributed by atoms with Crippen LogP contribution in [-0.2, 0) is 32.6 Å². The molecule has 40 heavy (non-hydrogen) atoms. The summed E-state index contributed by atoms with van der Waals surface area (Å²) in [5.74, 6) is -0.204. The molecule has 2 amide bonds. The molecule has 0 radical (unpaired) electrons. The number of anilines is 1. The Morgan fingerprint density at radius 1 is 0.975 bits per heavy atom.